The Bertz CT molecular complexity index is 772. The molecule has 1 N–H and O–H groups in total. The van der Waals surface area contributed by atoms with Crippen molar-refractivity contribution in [2.75, 3.05) is 18.9 Å². The van der Waals surface area contributed by atoms with Crippen LogP contribution in [0.15, 0.2) is 47.5 Å². The first-order chi connectivity index (χ1) is 11.4. The first-order valence-corrected chi connectivity index (χ1v) is 9.22. The number of hydrogen-bond acceptors (Lipinski definition) is 4. The maximum atomic E-state index is 12.4. The Morgan fingerprint density at radius 1 is 1.25 bits per heavy atom. The normalized spacial score (nSPS) is 11.6. The second kappa shape index (κ2) is 8.07. The van der Waals surface area contributed by atoms with Gasteiger partial charge in [0.25, 0.3) is 0 Å². The lowest BCUT2D eigenvalue weighted by atomic mass is 10.3. The fourth-order valence-electron chi connectivity index (χ4n) is 2.17. The highest BCUT2D eigenvalue weighted by Crippen LogP contribution is 2.14. The molecule has 24 heavy (non-hydrogen) atoms. The molecule has 130 valence electrons. The number of aromatic nitrogens is 2. The fraction of sp³-hybridized carbons (Fsp3) is 0.375. The number of carbonyl (C=O) groups is 1. The molecule has 0 saturated carbocycles. The first kappa shape index (κ1) is 18.2. The molecule has 0 aliphatic rings. The molecule has 0 aliphatic carbocycles. The van der Waals surface area contributed by atoms with Crippen LogP contribution < -0.4 is 5.32 Å². The van der Waals surface area contributed by atoms with Gasteiger partial charge in [0, 0.05) is 19.7 Å². The van der Waals surface area contributed by atoms with Gasteiger partial charge >= 0.3 is 0 Å². The molecular weight excluding hydrogens is 328 g/mol. The summed E-state index contributed by atoms with van der Waals surface area (Å²) >= 11 is 0. The summed E-state index contributed by atoms with van der Waals surface area (Å²) in [4.78, 5) is 12.3. The molecule has 0 aliphatic heterocycles. The second-order valence-electron chi connectivity index (χ2n) is 5.42. The van der Waals surface area contributed by atoms with Crippen LogP contribution >= 0.6 is 0 Å². The monoisotopic (exact) mass is 350 g/mol. The number of hydrogen-bond donors (Lipinski definition) is 1. The van der Waals surface area contributed by atoms with Crippen LogP contribution in [0.1, 0.15) is 19.8 Å². The van der Waals surface area contributed by atoms with Gasteiger partial charge in [-0.2, -0.15) is 9.40 Å². The molecule has 0 unspecified atom stereocenters. The van der Waals surface area contributed by atoms with E-state index in [2.05, 4.69) is 17.3 Å². The van der Waals surface area contributed by atoms with Crippen molar-refractivity contribution in [2.24, 2.45) is 0 Å². The van der Waals surface area contributed by atoms with Crippen LogP contribution in [0, 0.1) is 0 Å². The predicted octanol–water partition coefficient (Wildman–Crippen LogP) is 1.94. The Morgan fingerprint density at radius 2 is 1.96 bits per heavy atom. The lowest BCUT2D eigenvalue weighted by Crippen LogP contribution is -2.35. The molecule has 0 fully saturated rings. The highest BCUT2D eigenvalue weighted by atomic mass is 32.2. The number of amides is 1. The highest BCUT2D eigenvalue weighted by Gasteiger charge is 2.23. The molecule has 2 aromatic rings. The quantitative estimate of drug-likeness (QED) is 0.788. The average Bonchev–Trinajstić information content (AvgIpc) is 3.00. The van der Waals surface area contributed by atoms with Gasteiger partial charge in [-0.05, 0) is 18.6 Å². The van der Waals surface area contributed by atoms with Gasteiger partial charge < -0.3 is 5.32 Å². The van der Waals surface area contributed by atoms with Crippen molar-refractivity contribution in [3.05, 3.63) is 42.6 Å². The largest absolute Gasteiger partial charge is 0.310 e. The Morgan fingerprint density at radius 3 is 2.62 bits per heavy atom. The first-order valence-electron chi connectivity index (χ1n) is 7.78. The van der Waals surface area contributed by atoms with Crippen molar-refractivity contribution in [1.82, 2.24) is 14.1 Å². The number of sulfonamides is 1. The zero-order valence-electron chi connectivity index (χ0n) is 13.8. The minimum absolute atomic E-state index is 0.160. The summed E-state index contributed by atoms with van der Waals surface area (Å²) in [6.07, 6.45) is 3.58. The van der Waals surface area contributed by atoms with E-state index in [1.165, 1.54) is 19.2 Å². The standard InChI is InChI=1S/C16H22N4O3S/c1-3-4-12-20-15(10-11-17-20)18-16(21)13-19(2)24(22,23)14-8-6-5-7-9-14/h5-11H,3-4,12-13H2,1-2H3,(H,18,21). The van der Waals surface area contributed by atoms with Gasteiger partial charge in [-0.3, -0.25) is 4.79 Å². The number of aryl methyl sites for hydroxylation is 1. The Labute approximate surface area is 142 Å². The third-order valence-corrected chi connectivity index (χ3v) is 5.34. The SMILES string of the molecule is CCCCn1nccc1NC(=O)CN(C)S(=O)(=O)c1ccccc1. The molecule has 2 rings (SSSR count). The van der Waals surface area contributed by atoms with Crippen LogP contribution in [0.5, 0.6) is 0 Å². The number of rotatable bonds is 8. The topological polar surface area (TPSA) is 84.3 Å². The number of likely N-dealkylation sites (N-methyl/N-ethyl adjacent to an activating group) is 1. The van der Waals surface area contributed by atoms with E-state index >= 15 is 0 Å². The zero-order valence-corrected chi connectivity index (χ0v) is 14.7. The molecule has 0 saturated heterocycles. The predicted molar refractivity (Wildman–Crippen MR) is 92.0 cm³/mol. The van der Waals surface area contributed by atoms with Crippen molar-refractivity contribution in [1.29, 1.82) is 0 Å². The Balaban J connectivity index is 2.01. The van der Waals surface area contributed by atoms with Gasteiger partial charge in [-0.25, -0.2) is 13.1 Å². The number of anilines is 1. The van der Waals surface area contributed by atoms with Gasteiger partial charge in [-0.1, -0.05) is 31.5 Å². The third kappa shape index (κ3) is 4.42. The van der Waals surface area contributed by atoms with Crippen LogP contribution in [-0.2, 0) is 21.4 Å². The summed E-state index contributed by atoms with van der Waals surface area (Å²) in [5.41, 5.74) is 0. The number of nitrogens with one attached hydrogen (secondary N) is 1. The third-order valence-electron chi connectivity index (χ3n) is 3.53. The average molecular weight is 350 g/mol. The molecular formula is C16H22N4O3S. The summed E-state index contributed by atoms with van der Waals surface area (Å²) in [5.74, 6) is 0.161. The fourth-order valence-corrected chi connectivity index (χ4v) is 3.32. The molecule has 0 spiro atoms. The van der Waals surface area contributed by atoms with E-state index in [4.69, 9.17) is 0 Å². The van der Waals surface area contributed by atoms with Crippen molar-refractivity contribution >= 4 is 21.7 Å². The van der Waals surface area contributed by atoms with Crippen molar-refractivity contribution in [2.45, 2.75) is 31.2 Å². The Kier molecular flexibility index (Phi) is 6.10. The van der Waals surface area contributed by atoms with Crippen LogP contribution in [0.3, 0.4) is 0 Å². The molecule has 7 nitrogen and oxygen atoms in total. The van der Waals surface area contributed by atoms with Crippen molar-refractivity contribution < 1.29 is 13.2 Å². The van der Waals surface area contributed by atoms with Gasteiger partial charge in [0.2, 0.25) is 15.9 Å². The number of unbranched alkanes of at least 4 members (excludes halogenated alkanes) is 1. The number of carbonyl (C=O) groups excluding carboxylic acids is 1. The summed E-state index contributed by atoms with van der Waals surface area (Å²) in [6, 6.07) is 9.73. The number of benzene rings is 1. The van der Waals surface area contributed by atoms with E-state index in [1.807, 2.05) is 0 Å². The zero-order chi connectivity index (χ0) is 17.6. The molecule has 1 amide bonds. The van der Waals surface area contributed by atoms with E-state index in [0.717, 1.165) is 17.1 Å². The van der Waals surface area contributed by atoms with Gasteiger partial charge in [0.1, 0.15) is 5.82 Å². The lowest BCUT2D eigenvalue weighted by molar-refractivity contribution is -0.116. The van der Waals surface area contributed by atoms with Crippen LogP contribution in [0.4, 0.5) is 5.82 Å². The summed E-state index contributed by atoms with van der Waals surface area (Å²) in [6.45, 7) is 2.51. The van der Waals surface area contributed by atoms with E-state index in [9.17, 15) is 13.2 Å². The maximum absolute atomic E-state index is 12.4. The second-order valence-corrected chi connectivity index (χ2v) is 7.46. The molecule has 0 atom stereocenters. The summed E-state index contributed by atoms with van der Waals surface area (Å²) in [7, 11) is -2.30. The minimum atomic E-state index is -3.69. The van der Waals surface area contributed by atoms with E-state index in [-0.39, 0.29) is 11.4 Å². The van der Waals surface area contributed by atoms with Gasteiger partial charge in [-0.15, -0.1) is 0 Å². The lowest BCUT2D eigenvalue weighted by Gasteiger charge is -2.17. The maximum Gasteiger partial charge on any atom is 0.243 e. The minimum Gasteiger partial charge on any atom is -0.310 e. The number of nitrogens with zero attached hydrogens (tertiary/aromatic N) is 3. The van der Waals surface area contributed by atoms with Crippen LogP contribution in [-0.4, -0.2) is 42.0 Å². The van der Waals surface area contributed by atoms with E-state index < -0.39 is 15.9 Å². The van der Waals surface area contributed by atoms with Crippen LogP contribution in [0.2, 0.25) is 0 Å². The molecule has 0 bridgehead atoms. The van der Waals surface area contributed by atoms with Gasteiger partial charge in [0.15, 0.2) is 0 Å². The summed E-state index contributed by atoms with van der Waals surface area (Å²) < 4.78 is 27.5. The van der Waals surface area contributed by atoms with Crippen molar-refractivity contribution in [3.63, 3.8) is 0 Å². The van der Waals surface area contributed by atoms with E-state index in [0.29, 0.717) is 12.4 Å². The molecule has 8 heteroatoms. The molecule has 1 aromatic heterocycles. The molecule has 1 heterocycles. The molecule has 0 radical (unpaired) electrons. The van der Waals surface area contributed by atoms with Gasteiger partial charge in [0.05, 0.1) is 17.6 Å². The smallest absolute Gasteiger partial charge is 0.243 e. The van der Waals surface area contributed by atoms with Crippen LogP contribution in [0.25, 0.3) is 0 Å². The highest BCUT2D eigenvalue weighted by molar-refractivity contribution is 7.89. The Hall–Kier alpha value is -2.19. The van der Waals surface area contributed by atoms with Crippen molar-refractivity contribution in [3.8, 4) is 0 Å². The van der Waals surface area contributed by atoms with E-state index in [1.54, 1.807) is 35.1 Å². The molecule has 1 aromatic carbocycles. The summed E-state index contributed by atoms with van der Waals surface area (Å²) in [5, 5.41) is 6.86.